The molecule has 8 nitrogen and oxygen atoms in total. The lowest BCUT2D eigenvalue weighted by Crippen LogP contribution is -2.49. The first-order valence-electron chi connectivity index (χ1n) is 11.8. The number of rotatable bonds is 5. The quantitative estimate of drug-likeness (QED) is 0.436. The van der Waals surface area contributed by atoms with Gasteiger partial charge in [-0.1, -0.05) is 11.3 Å². The van der Waals surface area contributed by atoms with Gasteiger partial charge in [-0.15, -0.1) is 5.10 Å². The van der Waals surface area contributed by atoms with Crippen molar-refractivity contribution in [1.29, 1.82) is 0 Å². The maximum atomic E-state index is 14.6. The standard InChI is InChI=1S/C25H23F5N6O2/c1-14-10-34(13-31-14)20-5-3-15(7-23(20)38-2)19-11-36(33-32-19)21-6-4-17-18(27)8-16(26)9-22(17)35(24(21)37)12-25(28,29)30/h3,5,7-11,13,17,21-22H,4,6,12H2,1-2H3/t17?,21-,22?/m0/s1. The number of aryl methyl sites for hydroxylation is 1. The van der Waals surface area contributed by atoms with Gasteiger partial charge in [-0.2, -0.15) is 13.2 Å². The van der Waals surface area contributed by atoms with Crippen LogP contribution in [0.1, 0.15) is 24.6 Å². The summed E-state index contributed by atoms with van der Waals surface area (Å²) in [6, 6.07) is 2.69. The number of hydrogen-bond acceptors (Lipinski definition) is 5. The van der Waals surface area contributed by atoms with Crippen LogP contribution in [0.2, 0.25) is 0 Å². The van der Waals surface area contributed by atoms with Crippen LogP contribution < -0.4 is 4.74 Å². The van der Waals surface area contributed by atoms with Crippen molar-refractivity contribution in [3.05, 3.63) is 66.4 Å². The zero-order valence-electron chi connectivity index (χ0n) is 20.4. The molecule has 0 radical (unpaired) electrons. The molecule has 2 unspecified atom stereocenters. The van der Waals surface area contributed by atoms with E-state index < -0.39 is 48.3 Å². The second-order valence-corrected chi connectivity index (χ2v) is 9.25. The summed E-state index contributed by atoms with van der Waals surface area (Å²) in [5.74, 6) is -3.43. The van der Waals surface area contributed by atoms with Crippen LogP contribution in [0.25, 0.3) is 16.9 Å². The topological polar surface area (TPSA) is 78.1 Å². The van der Waals surface area contributed by atoms with Crippen LogP contribution in [0.5, 0.6) is 5.75 Å². The zero-order valence-corrected chi connectivity index (χ0v) is 20.4. The Labute approximate surface area is 214 Å². The van der Waals surface area contributed by atoms with Crippen molar-refractivity contribution in [2.75, 3.05) is 13.7 Å². The van der Waals surface area contributed by atoms with Gasteiger partial charge in [0.15, 0.2) is 0 Å². The van der Waals surface area contributed by atoms with Crippen molar-refractivity contribution in [3.8, 4) is 22.7 Å². The van der Waals surface area contributed by atoms with Gasteiger partial charge in [-0.3, -0.25) is 4.79 Å². The highest BCUT2D eigenvalue weighted by molar-refractivity contribution is 5.81. The number of benzene rings is 1. The molecule has 13 heteroatoms. The molecule has 0 bridgehead atoms. The minimum absolute atomic E-state index is 0.00385. The first-order chi connectivity index (χ1) is 18.0. The fourth-order valence-corrected chi connectivity index (χ4v) is 4.93. The summed E-state index contributed by atoms with van der Waals surface area (Å²) in [5, 5.41) is 8.13. The van der Waals surface area contributed by atoms with Gasteiger partial charge in [0.1, 0.15) is 35.7 Å². The summed E-state index contributed by atoms with van der Waals surface area (Å²) in [6.45, 7) is 0.209. The van der Waals surface area contributed by atoms with Crippen LogP contribution in [0, 0.1) is 12.8 Å². The smallest absolute Gasteiger partial charge is 0.406 e. The summed E-state index contributed by atoms with van der Waals surface area (Å²) < 4.78 is 77.3. The minimum atomic E-state index is -4.77. The Kier molecular flexibility index (Phi) is 6.53. The lowest BCUT2D eigenvalue weighted by molar-refractivity contribution is -0.166. The van der Waals surface area contributed by atoms with Crippen molar-refractivity contribution < 1.29 is 31.5 Å². The number of fused-ring (bicyclic) bond motifs is 1. The molecule has 0 spiro atoms. The third-order valence-corrected chi connectivity index (χ3v) is 6.70. The molecule has 1 amide bonds. The van der Waals surface area contributed by atoms with E-state index >= 15 is 0 Å². The number of allylic oxidation sites excluding steroid dienone is 2. The molecule has 3 aromatic rings. The van der Waals surface area contributed by atoms with E-state index in [9.17, 15) is 26.7 Å². The predicted octanol–water partition coefficient (Wildman–Crippen LogP) is 4.88. The molecule has 200 valence electrons. The maximum absolute atomic E-state index is 14.6. The molecule has 2 aliphatic rings. The number of carbonyl (C=O) groups is 1. The Bertz CT molecular complexity index is 1430. The number of likely N-dealkylation sites (tertiary alicyclic amines) is 1. The molecule has 1 fully saturated rings. The van der Waals surface area contributed by atoms with E-state index in [1.165, 1.54) is 18.0 Å². The molecule has 1 aromatic carbocycles. The normalized spacial score (nSPS) is 22.0. The highest BCUT2D eigenvalue weighted by atomic mass is 19.4. The third-order valence-electron chi connectivity index (χ3n) is 6.70. The molecular weight excluding hydrogens is 511 g/mol. The summed E-state index contributed by atoms with van der Waals surface area (Å²) in [4.78, 5) is 18.1. The number of methoxy groups -OCH3 is 1. The van der Waals surface area contributed by atoms with E-state index in [1.807, 2.05) is 13.1 Å². The van der Waals surface area contributed by atoms with E-state index in [0.717, 1.165) is 17.5 Å². The number of amides is 1. The highest BCUT2D eigenvalue weighted by Crippen LogP contribution is 2.40. The summed E-state index contributed by atoms with van der Waals surface area (Å²) >= 11 is 0. The predicted molar refractivity (Wildman–Crippen MR) is 126 cm³/mol. The van der Waals surface area contributed by atoms with Crippen LogP contribution in [0.15, 0.2) is 60.7 Å². The van der Waals surface area contributed by atoms with Crippen LogP contribution in [-0.2, 0) is 4.79 Å². The fourth-order valence-electron chi connectivity index (χ4n) is 4.93. The van der Waals surface area contributed by atoms with Gasteiger partial charge in [0.2, 0.25) is 5.91 Å². The Morgan fingerprint density at radius 3 is 2.63 bits per heavy atom. The first-order valence-corrected chi connectivity index (χ1v) is 11.8. The zero-order chi connectivity index (χ0) is 27.2. The summed E-state index contributed by atoms with van der Waals surface area (Å²) in [6.07, 6.45) is 1.67. The van der Waals surface area contributed by atoms with Crippen LogP contribution >= 0.6 is 0 Å². The van der Waals surface area contributed by atoms with E-state index in [1.54, 1.807) is 29.1 Å². The van der Waals surface area contributed by atoms with Crippen LogP contribution in [0.4, 0.5) is 22.0 Å². The van der Waals surface area contributed by atoms with Crippen molar-refractivity contribution in [2.45, 2.75) is 38.0 Å². The number of alkyl halides is 3. The largest absolute Gasteiger partial charge is 0.495 e. The number of imidazole rings is 1. The number of halogens is 5. The van der Waals surface area contributed by atoms with Crippen molar-refractivity contribution in [2.24, 2.45) is 5.92 Å². The molecule has 3 atom stereocenters. The van der Waals surface area contributed by atoms with Crippen molar-refractivity contribution in [3.63, 3.8) is 0 Å². The van der Waals surface area contributed by atoms with Gasteiger partial charge in [0, 0.05) is 23.8 Å². The Morgan fingerprint density at radius 2 is 1.95 bits per heavy atom. The minimum Gasteiger partial charge on any atom is -0.495 e. The number of ether oxygens (including phenoxy) is 1. The molecule has 38 heavy (non-hydrogen) atoms. The highest BCUT2D eigenvalue weighted by Gasteiger charge is 2.46. The summed E-state index contributed by atoms with van der Waals surface area (Å²) in [7, 11) is 1.51. The van der Waals surface area contributed by atoms with E-state index in [4.69, 9.17) is 4.74 Å². The Morgan fingerprint density at radius 1 is 1.16 bits per heavy atom. The number of carbonyl (C=O) groups excluding carboxylic acids is 1. The molecule has 1 aliphatic heterocycles. The fraction of sp³-hybridized carbons (Fsp3) is 0.360. The molecule has 2 aromatic heterocycles. The molecule has 3 heterocycles. The van der Waals surface area contributed by atoms with Crippen LogP contribution in [0.3, 0.4) is 0 Å². The number of aromatic nitrogens is 5. The SMILES string of the molecule is COc1cc(-c2cn([C@H]3CCC4C(F)=CC(F)=CC4N(CC(F)(F)F)C3=O)nn2)ccc1-n1cnc(C)c1. The average Bonchev–Trinajstić information content (AvgIpc) is 3.49. The van der Waals surface area contributed by atoms with E-state index in [2.05, 4.69) is 15.3 Å². The van der Waals surface area contributed by atoms with E-state index in [-0.39, 0.29) is 12.8 Å². The van der Waals surface area contributed by atoms with Crippen molar-refractivity contribution in [1.82, 2.24) is 29.4 Å². The lowest BCUT2D eigenvalue weighted by atomic mass is 9.89. The molecule has 5 rings (SSSR count). The molecule has 1 aliphatic carbocycles. The van der Waals surface area contributed by atoms with Crippen molar-refractivity contribution >= 4 is 5.91 Å². The number of nitrogens with zero attached hydrogens (tertiary/aromatic N) is 6. The molecular formula is C25H23F5N6O2. The Balaban J connectivity index is 1.47. The average molecular weight is 534 g/mol. The van der Waals surface area contributed by atoms with E-state index in [0.29, 0.717) is 28.0 Å². The second kappa shape index (κ2) is 9.69. The monoisotopic (exact) mass is 534 g/mol. The number of hydrogen-bond donors (Lipinski definition) is 0. The van der Waals surface area contributed by atoms with Gasteiger partial charge in [0.25, 0.3) is 0 Å². The maximum Gasteiger partial charge on any atom is 0.406 e. The first kappa shape index (κ1) is 25.6. The summed E-state index contributed by atoms with van der Waals surface area (Å²) in [5.41, 5.74) is 2.49. The van der Waals surface area contributed by atoms with Gasteiger partial charge in [-0.05, 0) is 38.0 Å². The van der Waals surface area contributed by atoms with Gasteiger partial charge < -0.3 is 14.2 Å². The van der Waals surface area contributed by atoms with Crippen LogP contribution in [-0.4, -0.2) is 61.2 Å². The third kappa shape index (κ3) is 4.92. The lowest BCUT2D eigenvalue weighted by Gasteiger charge is -2.35. The van der Waals surface area contributed by atoms with Gasteiger partial charge in [-0.25, -0.2) is 18.4 Å². The molecule has 0 N–H and O–H groups in total. The van der Waals surface area contributed by atoms with Gasteiger partial charge in [0.05, 0.1) is 37.1 Å². The second-order valence-electron chi connectivity index (χ2n) is 9.25. The molecule has 1 saturated heterocycles. The van der Waals surface area contributed by atoms with Gasteiger partial charge >= 0.3 is 6.18 Å². The molecule has 0 saturated carbocycles. The Hall–Kier alpha value is -4.03.